The van der Waals surface area contributed by atoms with Gasteiger partial charge in [0.05, 0.1) is 10.3 Å². The summed E-state index contributed by atoms with van der Waals surface area (Å²) in [5.41, 5.74) is 0. The lowest BCUT2D eigenvalue weighted by Gasteiger charge is -2.05. The first-order valence-electron chi connectivity index (χ1n) is 6.38. The lowest BCUT2D eigenvalue weighted by Crippen LogP contribution is -2.24. The Labute approximate surface area is 136 Å². The van der Waals surface area contributed by atoms with E-state index in [4.69, 9.17) is 0 Å². The Kier molecular flexibility index (Phi) is 5.55. The van der Waals surface area contributed by atoms with E-state index in [2.05, 4.69) is 35.9 Å². The molecule has 0 aromatic carbocycles. The van der Waals surface area contributed by atoms with Gasteiger partial charge in [-0.1, -0.05) is 13.8 Å². The van der Waals surface area contributed by atoms with E-state index >= 15 is 0 Å². The number of nitrogens with zero attached hydrogens (tertiary/aromatic N) is 1. The van der Waals surface area contributed by atoms with Gasteiger partial charge < -0.3 is 10.3 Å². The van der Waals surface area contributed by atoms with Crippen molar-refractivity contribution in [1.29, 1.82) is 0 Å². The van der Waals surface area contributed by atoms with E-state index in [1.165, 1.54) is 11.3 Å². The minimum Gasteiger partial charge on any atom is -0.347 e. The summed E-state index contributed by atoms with van der Waals surface area (Å²) in [6.45, 7) is 4.88. The first-order valence-corrected chi connectivity index (χ1v) is 9.47. The molecule has 0 aliphatic heterocycles. The van der Waals surface area contributed by atoms with E-state index in [-0.39, 0.29) is 11.4 Å². The highest BCUT2D eigenvalue weighted by atomic mass is 79.9. The molecular formula is C12H17BrN4O2S2. The van der Waals surface area contributed by atoms with E-state index in [9.17, 15) is 8.42 Å². The number of thiophene rings is 1. The van der Waals surface area contributed by atoms with Crippen LogP contribution < -0.4 is 10.0 Å². The van der Waals surface area contributed by atoms with Crippen LogP contribution in [0.2, 0.25) is 0 Å². The van der Waals surface area contributed by atoms with E-state index in [0.717, 1.165) is 4.88 Å². The Hall–Kier alpha value is -0.740. The highest BCUT2D eigenvalue weighted by Crippen LogP contribution is 2.31. The summed E-state index contributed by atoms with van der Waals surface area (Å²) >= 11 is 4.74. The van der Waals surface area contributed by atoms with Crippen molar-refractivity contribution in [2.24, 2.45) is 0 Å². The largest absolute Gasteiger partial charge is 0.347 e. The molecular weight excluding hydrogens is 376 g/mol. The molecule has 0 atom stereocenters. The smallest absolute Gasteiger partial charge is 0.242 e. The molecule has 0 amide bonds. The Morgan fingerprint density at radius 1 is 1.43 bits per heavy atom. The SMILES string of the molecule is CC(C)NCc1cc(S(=O)(=O)NCc2ncc[nH]2)c(Br)s1. The molecule has 2 aromatic heterocycles. The van der Waals surface area contributed by atoms with Crippen molar-refractivity contribution in [3.8, 4) is 0 Å². The Balaban J connectivity index is 2.08. The van der Waals surface area contributed by atoms with Gasteiger partial charge in [-0.05, 0) is 22.0 Å². The third-order valence-electron chi connectivity index (χ3n) is 2.67. The molecule has 2 aromatic rings. The molecule has 0 unspecified atom stereocenters. The van der Waals surface area contributed by atoms with Crippen LogP contribution in [0.25, 0.3) is 0 Å². The van der Waals surface area contributed by atoms with Gasteiger partial charge in [-0.2, -0.15) is 0 Å². The Morgan fingerprint density at radius 3 is 2.81 bits per heavy atom. The quantitative estimate of drug-likeness (QED) is 0.673. The summed E-state index contributed by atoms with van der Waals surface area (Å²) in [7, 11) is -3.56. The number of hydrogen-bond acceptors (Lipinski definition) is 5. The predicted molar refractivity (Wildman–Crippen MR) is 86.6 cm³/mol. The van der Waals surface area contributed by atoms with Crippen LogP contribution in [0.4, 0.5) is 0 Å². The molecule has 2 rings (SSSR count). The predicted octanol–water partition coefficient (Wildman–Crippen LogP) is 2.21. The van der Waals surface area contributed by atoms with Crippen LogP contribution in [0.1, 0.15) is 24.5 Å². The van der Waals surface area contributed by atoms with Crippen LogP contribution in [-0.2, 0) is 23.1 Å². The lowest BCUT2D eigenvalue weighted by molar-refractivity contribution is 0.579. The second-order valence-corrected chi connectivity index (χ2v) is 8.94. The summed E-state index contributed by atoms with van der Waals surface area (Å²) in [6.07, 6.45) is 3.24. The molecule has 0 fully saturated rings. The fourth-order valence-electron chi connectivity index (χ4n) is 1.61. The van der Waals surface area contributed by atoms with Crippen molar-refractivity contribution >= 4 is 37.3 Å². The number of rotatable bonds is 7. The number of H-pyrrole nitrogens is 1. The standard InChI is InChI=1S/C12H17BrN4O2S2/c1-8(2)16-6-9-5-10(12(13)20-9)21(18,19)17-7-11-14-3-4-15-11/h3-5,8,16-17H,6-7H2,1-2H3,(H,14,15). The normalized spacial score (nSPS) is 12.2. The zero-order valence-corrected chi connectivity index (χ0v) is 14.9. The van der Waals surface area contributed by atoms with E-state index in [1.807, 2.05) is 13.8 Å². The maximum atomic E-state index is 12.3. The highest BCUT2D eigenvalue weighted by Gasteiger charge is 2.21. The number of sulfonamides is 1. The van der Waals surface area contributed by atoms with Gasteiger partial charge in [0, 0.05) is 29.9 Å². The number of aromatic amines is 1. The molecule has 3 N–H and O–H groups in total. The van der Waals surface area contributed by atoms with Crippen LogP contribution in [0.15, 0.2) is 27.1 Å². The first-order chi connectivity index (χ1) is 9.88. The van der Waals surface area contributed by atoms with Gasteiger partial charge in [0.25, 0.3) is 0 Å². The van der Waals surface area contributed by atoms with Crippen molar-refractivity contribution < 1.29 is 8.42 Å². The average Bonchev–Trinajstić information content (AvgIpc) is 3.03. The molecule has 0 aliphatic rings. The number of imidazole rings is 1. The zero-order valence-electron chi connectivity index (χ0n) is 11.7. The topological polar surface area (TPSA) is 86.9 Å². The van der Waals surface area contributed by atoms with Crippen LogP contribution in [0.3, 0.4) is 0 Å². The van der Waals surface area contributed by atoms with Crippen LogP contribution in [0.5, 0.6) is 0 Å². The van der Waals surface area contributed by atoms with Crippen molar-refractivity contribution in [2.45, 2.75) is 37.9 Å². The van der Waals surface area contributed by atoms with Gasteiger partial charge in [0.1, 0.15) is 10.7 Å². The molecule has 2 heterocycles. The minimum absolute atomic E-state index is 0.136. The van der Waals surface area contributed by atoms with E-state index < -0.39 is 10.0 Å². The maximum absolute atomic E-state index is 12.3. The van der Waals surface area contributed by atoms with Gasteiger partial charge in [-0.15, -0.1) is 11.3 Å². The van der Waals surface area contributed by atoms with Crippen molar-refractivity contribution in [3.63, 3.8) is 0 Å². The summed E-state index contributed by atoms with van der Waals surface area (Å²) in [5.74, 6) is 0.576. The fraction of sp³-hybridized carbons (Fsp3) is 0.417. The summed E-state index contributed by atoms with van der Waals surface area (Å²) in [5, 5.41) is 3.27. The average molecular weight is 393 g/mol. The fourth-order valence-corrected chi connectivity index (χ4v) is 5.23. The molecule has 0 saturated heterocycles. The molecule has 6 nitrogen and oxygen atoms in total. The van der Waals surface area contributed by atoms with Gasteiger partial charge in [-0.3, -0.25) is 0 Å². The summed E-state index contributed by atoms with van der Waals surface area (Å²) in [4.78, 5) is 8.07. The molecule has 0 saturated carbocycles. The third kappa shape index (κ3) is 4.62. The molecule has 21 heavy (non-hydrogen) atoms. The number of aromatic nitrogens is 2. The van der Waals surface area contributed by atoms with Crippen molar-refractivity contribution in [1.82, 2.24) is 20.0 Å². The molecule has 0 radical (unpaired) electrons. The van der Waals surface area contributed by atoms with E-state index in [1.54, 1.807) is 18.5 Å². The Morgan fingerprint density at radius 2 is 2.19 bits per heavy atom. The second kappa shape index (κ2) is 7.01. The minimum atomic E-state index is -3.56. The number of hydrogen-bond donors (Lipinski definition) is 3. The van der Waals surface area contributed by atoms with Crippen molar-refractivity contribution in [3.05, 3.63) is 32.9 Å². The number of nitrogens with one attached hydrogen (secondary N) is 3. The summed E-state index contributed by atoms with van der Waals surface area (Å²) < 4.78 is 27.7. The molecule has 9 heteroatoms. The van der Waals surface area contributed by atoms with Crippen LogP contribution in [-0.4, -0.2) is 24.4 Å². The van der Waals surface area contributed by atoms with Crippen LogP contribution >= 0.6 is 27.3 Å². The van der Waals surface area contributed by atoms with Gasteiger partial charge in [0.2, 0.25) is 10.0 Å². The molecule has 0 aliphatic carbocycles. The van der Waals surface area contributed by atoms with Gasteiger partial charge in [0.15, 0.2) is 0 Å². The first kappa shape index (κ1) is 16.6. The highest BCUT2D eigenvalue weighted by molar-refractivity contribution is 9.11. The zero-order chi connectivity index (χ0) is 15.5. The van der Waals surface area contributed by atoms with Crippen molar-refractivity contribution in [2.75, 3.05) is 0 Å². The molecule has 116 valence electrons. The molecule has 0 spiro atoms. The second-order valence-electron chi connectivity index (χ2n) is 4.75. The molecule has 0 bridgehead atoms. The van der Waals surface area contributed by atoms with Crippen LogP contribution in [0, 0.1) is 0 Å². The Bertz CT molecular complexity index is 680. The maximum Gasteiger partial charge on any atom is 0.242 e. The van der Waals surface area contributed by atoms with E-state index in [0.29, 0.717) is 22.2 Å². The van der Waals surface area contributed by atoms with Gasteiger partial charge >= 0.3 is 0 Å². The van der Waals surface area contributed by atoms with Gasteiger partial charge in [-0.25, -0.2) is 18.1 Å². The third-order valence-corrected chi connectivity index (χ3v) is 6.32. The monoisotopic (exact) mass is 392 g/mol. The number of halogens is 1. The summed E-state index contributed by atoms with van der Waals surface area (Å²) in [6, 6.07) is 2.04. The lowest BCUT2D eigenvalue weighted by atomic mass is 10.4.